The minimum Gasteiger partial charge on any atom is -0.491 e. The molecule has 5 heteroatoms. The Bertz CT molecular complexity index is 646. The second kappa shape index (κ2) is 6.60. The first-order valence-corrected chi connectivity index (χ1v) is 7.42. The van der Waals surface area contributed by atoms with E-state index in [4.69, 9.17) is 4.74 Å². The van der Waals surface area contributed by atoms with E-state index in [9.17, 15) is 13.2 Å². The molecule has 0 bridgehead atoms. The minimum atomic E-state index is -4.47. The Morgan fingerprint density at radius 3 is 2.26 bits per heavy atom. The first-order valence-electron chi connectivity index (χ1n) is 7.42. The van der Waals surface area contributed by atoms with Gasteiger partial charge in [0.1, 0.15) is 11.3 Å². The van der Waals surface area contributed by atoms with Crippen LogP contribution in [0.25, 0.3) is 0 Å². The average molecular weight is 323 g/mol. The van der Waals surface area contributed by atoms with Crippen LogP contribution < -0.4 is 4.74 Å². The van der Waals surface area contributed by atoms with Crippen LogP contribution in [-0.2, 0) is 18.0 Å². The van der Waals surface area contributed by atoms with E-state index in [-0.39, 0.29) is 12.4 Å². The van der Waals surface area contributed by atoms with Gasteiger partial charge in [0, 0.05) is 17.5 Å². The molecule has 1 heterocycles. The highest BCUT2D eigenvalue weighted by Crippen LogP contribution is 2.38. The summed E-state index contributed by atoms with van der Waals surface area (Å²) in [7, 11) is 0. The Labute approximate surface area is 134 Å². The highest BCUT2D eigenvalue weighted by atomic mass is 19.4. The monoisotopic (exact) mass is 323 g/mol. The van der Waals surface area contributed by atoms with Gasteiger partial charge >= 0.3 is 6.18 Å². The van der Waals surface area contributed by atoms with Crippen LogP contribution in [0.2, 0.25) is 0 Å². The number of hydrogen-bond donors (Lipinski definition) is 0. The Morgan fingerprint density at radius 2 is 1.70 bits per heavy atom. The smallest absolute Gasteiger partial charge is 0.420 e. The zero-order valence-corrected chi connectivity index (χ0v) is 13.4. The van der Waals surface area contributed by atoms with Crippen molar-refractivity contribution in [2.45, 2.75) is 38.8 Å². The van der Waals surface area contributed by atoms with Crippen LogP contribution in [0.3, 0.4) is 0 Å². The number of ether oxygens (including phenoxy) is 1. The number of nitrogens with zero attached hydrogens (tertiary/aromatic N) is 1. The van der Waals surface area contributed by atoms with Gasteiger partial charge in [-0.05, 0) is 11.6 Å². The highest BCUT2D eigenvalue weighted by molar-refractivity contribution is 5.36. The SMILES string of the molecule is CC(C)(C)c1cc(C(F)(F)F)c(OCCc2ccccc2)cn1. The van der Waals surface area contributed by atoms with Crippen molar-refractivity contribution >= 4 is 0 Å². The van der Waals surface area contributed by atoms with E-state index in [0.29, 0.717) is 12.1 Å². The van der Waals surface area contributed by atoms with Gasteiger partial charge in [-0.15, -0.1) is 0 Å². The van der Waals surface area contributed by atoms with Gasteiger partial charge in [0.05, 0.1) is 12.8 Å². The quantitative estimate of drug-likeness (QED) is 0.788. The maximum absolute atomic E-state index is 13.3. The molecule has 0 N–H and O–H groups in total. The van der Waals surface area contributed by atoms with Crippen LogP contribution in [0, 0.1) is 0 Å². The molecular weight excluding hydrogens is 303 g/mol. The summed E-state index contributed by atoms with van der Waals surface area (Å²) in [4.78, 5) is 4.12. The Morgan fingerprint density at radius 1 is 1.04 bits per heavy atom. The van der Waals surface area contributed by atoms with E-state index in [1.807, 2.05) is 51.1 Å². The van der Waals surface area contributed by atoms with Crippen molar-refractivity contribution in [3.8, 4) is 5.75 Å². The molecule has 0 unspecified atom stereocenters. The zero-order valence-electron chi connectivity index (χ0n) is 13.4. The van der Waals surface area contributed by atoms with Gasteiger partial charge in [-0.2, -0.15) is 13.2 Å². The van der Waals surface area contributed by atoms with E-state index in [2.05, 4.69) is 4.98 Å². The second-order valence-electron chi connectivity index (χ2n) is 6.40. The van der Waals surface area contributed by atoms with E-state index in [1.165, 1.54) is 6.20 Å². The summed E-state index contributed by atoms with van der Waals surface area (Å²) in [5, 5.41) is 0. The van der Waals surface area contributed by atoms with Gasteiger partial charge < -0.3 is 4.74 Å². The number of benzene rings is 1. The summed E-state index contributed by atoms with van der Waals surface area (Å²) in [6.07, 6.45) is -2.75. The fraction of sp³-hybridized carbons (Fsp3) is 0.389. The highest BCUT2D eigenvalue weighted by Gasteiger charge is 2.36. The van der Waals surface area contributed by atoms with Crippen LogP contribution >= 0.6 is 0 Å². The van der Waals surface area contributed by atoms with Crippen molar-refractivity contribution in [2.24, 2.45) is 0 Å². The molecule has 23 heavy (non-hydrogen) atoms. The standard InChI is InChI=1S/C18H20F3NO/c1-17(2,3)16-11-14(18(19,20)21)15(12-22-16)23-10-9-13-7-5-4-6-8-13/h4-8,11-12H,9-10H2,1-3H3. The average Bonchev–Trinajstić information content (AvgIpc) is 2.46. The molecule has 1 aromatic heterocycles. The molecule has 0 atom stereocenters. The Kier molecular flexibility index (Phi) is 4.97. The molecule has 0 amide bonds. The molecule has 2 rings (SSSR count). The van der Waals surface area contributed by atoms with Gasteiger partial charge in [-0.1, -0.05) is 51.1 Å². The van der Waals surface area contributed by atoms with Crippen molar-refractivity contribution < 1.29 is 17.9 Å². The number of rotatable bonds is 4. The third-order valence-electron chi connectivity index (χ3n) is 3.43. The Hall–Kier alpha value is -2.04. The second-order valence-corrected chi connectivity index (χ2v) is 6.40. The van der Waals surface area contributed by atoms with Crippen LogP contribution in [0.1, 0.15) is 37.6 Å². The first-order chi connectivity index (χ1) is 10.7. The lowest BCUT2D eigenvalue weighted by molar-refractivity contribution is -0.139. The lowest BCUT2D eigenvalue weighted by Gasteiger charge is -2.21. The molecule has 0 radical (unpaired) electrons. The summed E-state index contributed by atoms with van der Waals surface area (Å²) in [5.74, 6) is -0.221. The number of hydrogen-bond acceptors (Lipinski definition) is 2. The molecule has 0 aliphatic heterocycles. The van der Waals surface area contributed by atoms with Crippen molar-refractivity contribution in [3.05, 3.63) is 59.4 Å². The topological polar surface area (TPSA) is 22.1 Å². The fourth-order valence-electron chi connectivity index (χ4n) is 2.11. The maximum Gasteiger partial charge on any atom is 0.420 e. The zero-order chi connectivity index (χ0) is 17.1. The van der Waals surface area contributed by atoms with Crippen molar-refractivity contribution in [1.82, 2.24) is 4.98 Å². The normalized spacial score (nSPS) is 12.3. The predicted octanol–water partition coefficient (Wildman–Crippen LogP) is 5.02. The van der Waals surface area contributed by atoms with Gasteiger partial charge in [0.2, 0.25) is 0 Å². The van der Waals surface area contributed by atoms with Crippen LogP contribution in [0.15, 0.2) is 42.6 Å². The number of halogens is 3. The summed E-state index contributed by atoms with van der Waals surface area (Å²) in [5.41, 5.74) is 0.175. The van der Waals surface area contributed by atoms with E-state index in [0.717, 1.165) is 11.6 Å². The predicted molar refractivity (Wildman–Crippen MR) is 83.6 cm³/mol. The molecule has 1 aromatic carbocycles. The first kappa shape index (κ1) is 17.3. The van der Waals surface area contributed by atoms with E-state index in [1.54, 1.807) is 0 Å². The third-order valence-corrected chi connectivity index (χ3v) is 3.43. The molecule has 0 aliphatic carbocycles. The van der Waals surface area contributed by atoms with Crippen LogP contribution in [0.4, 0.5) is 13.2 Å². The van der Waals surface area contributed by atoms with Gasteiger partial charge in [0.15, 0.2) is 0 Å². The number of pyridine rings is 1. The van der Waals surface area contributed by atoms with Crippen LogP contribution in [-0.4, -0.2) is 11.6 Å². The van der Waals surface area contributed by atoms with Crippen molar-refractivity contribution in [2.75, 3.05) is 6.61 Å². The molecule has 0 spiro atoms. The lowest BCUT2D eigenvalue weighted by Crippen LogP contribution is -2.17. The molecule has 0 fully saturated rings. The molecular formula is C18H20F3NO. The van der Waals surface area contributed by atoms with Gasteiger partial charge in [-0.25, -0.2) is 0 Å². The molecule has 0 aliphatic rings. The largest absolute Gasteiger partial charge is 0.491 e. The van der Waals surface area contributed by atoms with Gasteiger partial charge in [0.25, 0.3) is 0 Å². The molecule has 0 saturated carbocycles. The number of alkyl halides is 3. The van der Waals surface area contributed by atoms with E-state index >= 15 is 0 Å². The molecule has 2 nitrogen and oxygen atoms in total. The number of aromatic nitrogens is 1. The van der Waals surface area contributed by atoms with Crippen LogP contribution in [0.5, 0.6) is 5.75 Å². The summed E-state index contributed by atoms with van der Waals surface area (Å²) < 4.78 is 45.1. The molecule has 2 aromatic rings. The van der Waals surface area contributed by atoms with Crippen molar-refractivity contribution in [3.63, 3.8) is 0 Å². The fourth-order valence-corrected chi connectivity index (χ4v) is 2.11. The summed E-state index contributed by atoms with van der Waals surface area (Å²) in [6, 6.07) is 10.6. The van der Waals surface area contributed by atoms with E-state index < -0.39 is 17.2 Å². The summed E-state index contributed by atoms with van der Waals surface area (Å²) >= 11 is 0. The maximum atomic E-state index is 13.3. The van der Waals surface area contributed by atoms with Crippen molar-refractivity contribution in [1.29, 1.82) is 0 Å². The molecule has 124 valence electrons. The lowest BCUT2D eigenvalue weighted by atomic mass is 9.90. The summed E-state index contributed by atoms with van der Waals surface area (Å²) in [6.45, 7) is 5.64. The molecule has 0 saturated heterocycles. The van der Waals surface area contributed by atoms with Gasteiger partial charge in [-0.3, -0.25) is 4.98 Å². The Balaban J connectivity index is 2.17. The third kappa shape index (κ3) is 4.71. The minimum absolute atomic E-state index is 0.170.